The smallest absolute Gasteiger partial charge is 0.0781 e. The van der Waals surface area contributed by atoms with E-state index in [2.05, 4.69) is 13.8 Å². The lowest BCUT2D eigenvalue weighted by molar-refractivity contribution is -0.104. The van der Waals surface area contributed by atoms with Crippen LogP contribution in [0.4, 0.5) is 0 Å². The second kappa shape index (κ2) is 22.2. The van der Waals surface area contributed by atoms with E-state index in [1.54, 1.807) is 0 Å². The maximum absolute atomic E-state index is 5.87. The number of hydrogen-bond acceptors (Lipinski definition) is 7. The van der Waals surface area contributed by atoms with Crippen LogP contribution in [0.5, 0.6) is 0 Å². The molecule has 0 aliphatic rings. The van der Waals surface area contributed by atoms with Gasteiger partial charge in [0.05, 0.1) is 76.3 Å². The van der Waals surface area contributed by atoms with E-state index >= 15 is 0 Å². The first-order valence-electron chi connectivity index (χ1n) is 13.1. The van der Waals surface area contributed by atoms with E-state index in [1.165, 1.54) is 0 Å². The molecule has 0 N–H and O–H groups in total. The molecule has 200 valence electrons. The number of ether oxygens (including phenoxy) is 7. The largest absolute Gasteiger partial charge is 0.379 e. The summed E-state index contributed by atoms with van der Waals surface area (Å²) in [7, 11) is 0. The SMILES string of the molecule is CCCCOCC(C)OCC(C)OCC(C)OCC(C)OCC(C)OCC(C)OCCCC. The van der Waals surface area contributed by atoms with Gasteiger partial charge in [0.25, 0.3) is 0 Å². The van der Waals surface area contributed by atoms with Gasteiger partial charge < -0.3 is 33.2 Å². The van der Waals surface area contributed by atoms with Crippen molar-refractivity contribution in [1.29, 1.82) is 0 Å². The topological polar surface area (TPSA) is 64.6 Å². The summed E-state index contributed by atoms with van der Waals surface area (Å²) in [5.41, 5.74) is 0. The molecule has 0 fully saturated rings. The summed E-state index contributed by atoms with van der Waals surface area (Å²) in [5, 5.41) is 0. The van der Waals surface area contributed by atoms with Gasteiger partial charge in [-0.2, -0.15) is 0 Å². The Kier molecular flexibility index (Phi) is 22.0. The lowest BCUT2D eigenvalue weighted by Gasteiger charge is -2.22. The minimum atomic E-state index is -0.0110. The molecule has 7 heteroatoms. The van der Waals surface area contributed by atoms with E-state index in [0.717, 1.165) is 38.9 Å². The summed E-state index contributed by atoms with van der Waals surface area (Å²) in [6.07, 6.45) is 4.66. The second-order valence-electron chi connectivity index (χ2n) is 9.18. The second-order valence-corrected chi connectivity index (χ2v) is 9.18. The quantitative estimate of drug-likeness (QED) is 0.180. The average molecular weight is 479 g/mol. The van der Waals surface area contributed by atoms with Gasteiger partial charge in [0.15, 0.2) is 0 Å². The van der Waals surface area contributed by atoms with Crippen molar-refractivity contribution >= 4 is 0 Å². The van der Waals surface area contributed by atoms with Crippen LogP contribution in [0, 0.1) is 0 Å². The van der Waals surface area contributed by atoms with E-state index < -0.39 is 0 Å². The van der Waals surface area contributed by atoms with Crippen LogP contribution in [0.25, 0.3) is 0 Å². The molecule has 0 bridgehead atoms. The first-order chi connectivity index (χ1) is 15.8. The molecule has 0 aromatic carbocycles. The summed E-state index contributed by atoms with van der Waals surface area (Å²) in [5.74, 6) is 0. The molecule has 0 rings (SSSR count). The Morgan fingerprint density at radius 2 is 0.697 bits per heavy atom. The fourth-order valence-corrected chi connectivity index (χ4v) is 2.71. The molecule has 0 radical (unpaired) electrons. The van der Waals surface area contributed by atoms with Gasteiger partial charge in [0.2, 0.25) is 0 Å². The fraction of sp³-hybridized carbons (Fsp3) is 1.00. The lowest BCUT2D eigenvalue weighted by atomic mass is 10.3. The molecule has 0 aromatic heterocycles. The van der Waals surface area contributed by atoms with E-state index in [0.29, 0.717) is 39.6 Å². The fourth-order valence-electron chi connectivity index (χ4n) is 2.71. The van der Waals surface area contributed by atoms with Crippen molar-refractivity contribution < 1.29 is 33.2 Å². The first kappa shape index (κ1) is 32.7. The van der Waals surface area contributed by atoms with Crippen molar-refractivity contribution in [3.8, 4) is 0 Å². The molecule has 6 atom stereocenters. The normalized spacial score (nSPS) is 17.5. The molecule has 7 nitrogen and oxygen atoms in total. The van der Waals surface area contributed by atoms with Crippen LogP contribution in [0.2, 0.25) is 0 Å². The molecule has 0 aliphatic carbocycles. The molecule has 0 aromatic rings. The zero-order valence-electron chi connectivity index (χ0n) is 22.8. The Morgan fingerprint density at radius 3 is 1.06 bits per heavy atom. The first-order valence-corrected chi connectivity index (χ1v) is 13.1. The highest BCUT2D eigenvalue weighted by Gasteiger charge is 2.13. The van der Waals surface area contributed by atoms with Crippen LogP contribution in [0.15, 0.2) is 0 Å². The van der Waals surface area contributed by atoms with Crippen LogP contribution in [0.3, 0.4) is 0 Å². The molecular formula is C26H54O7. The molecule has 0 aliphatic heterocycles. The minimum absolute atomic E-state index is 0.00829. The minimum Gasteiger partial charge on any atom is -0.379 e. The Balaban J connectivity index is 3.75. The summed E-state index contributed by atoms with van der Waals surface area (Å²) in [6.45, 7) is 21.4. The van der Waals surface area contributed by atoms with Gasteiger partial charge in [0, 0.05) is 13.2 Å². The third-order valence-electron chi connectivity index (χ3n) is 4.97. The maximum atomic E-state index is 5.87. The zero-order valence-corrected chi connectivity index (χ0v) is 22.8. The maximum Gasteiger partial charge on any atom is 0.0781 e. The predicted molar refractivity (Wildman–Crippen MR) is 133 cm³/mol. The molecule has 0 saturated heterocycles. The Bertz CT molecular complexity index is 410. The van der Waals surface area contributed by atoms with Gasteiger partial charge in [-0.1, -0.05) is 26.7 Å². The van der Waals surface area contributed by atoms with E-state index in [-0.39, 0.29) is 36.6 Å². The summed E-state index contributed by atoms with van der Waals surface area (Å²) in [4.78, 5) is 0. The average Bonchev–Trinajstić information content (AvgIpc) is 2.80. The Labute approximate surface area is 204 Å². The number of unbranched alkanes of at least 4 members (excludes halogenated alkanes) is 2. The monoisotopic (exact) mass is 478 g/mol. The number of hydrogen-bond donors (Lipinski definition) is 0. The Morgan fingerprint density at radius 1 is 0.394 bits per heavy atom. The highest BCUT2D eigenvalue weighted by molar-refractivity contribution is 4.58. The molecule has 0 saturated carbocycles. The molecular weight excluding hydrogens is 424 g/mol. The number of rotatable bonds is 24. The lowest BCUT2D eigenvalue weighted by Crippen LogP contribution is -2.29. The molecule has 0 spiro atoms. The van der Waals surface area contributed by atoms with Crippen LogP contribution >= 0.6 is 0 Å². The van der Waals surface area contributed by atoms with Crippen molar-refractivity contribution in [2.75, 3.05) is 52.9 Å². The van der Waals surface area contributed by atoms with Crippen molar-refractivity contribution in [3.63, 3.8) is 0 Å². The molecule has 6 unspecified atom stereocenters. The molecule has 0 heterocycles. The third kappa shape index (κ3) is 22.0. The van der Waals surface area contributed by atoms with Crippen LogP contribution < -0.4 is 0 Å². The highest BCUT2D eigenvalue weighted by atomic mass is 16.6. The van der Waals surface area contributed by atoms with Gasteiger partial charge >= 0.3 is 0 Å². The van der Waals surface area contributed by atoms with Gasteiger partial charge in [0.1, 0.15) is 0 Å². The summed E-state index contributed by atoms with van der Waals surface area (Å²) < 4.78 is 40.5. The van der Waals surface area contributed by atoms with E-state index in [4.69, 9.17) is 33.2 Å². The van der Waals surface area contributed by atoms with Gasteiger partial charge in [-0.25, -0.2) is 0 Å². The summed E-state index contributed by atoms with van der Waals surface area (Å²) in [6, 6.07) is 0. The van der Waals surface area contributed by atoms with Crippen molar-refractivity contribution in [2.24, 2.45) is 0 Å². The highest BCUT2D eigenvalue weighted by Crippen LogP contribution is 2.05. The van der Waals surface area contributed by atoms with Crippen LogP contribution in [-0.4, -0.2) is 89.5 Å². The van der Waals surface area contributed by atoms with Crippen molar-refractivity contribution in [3.05, 3.63) is 0 Å². The van der Waals surface area contributed by atoms with Gasteiger partial charge in [-0.05, 0) is 54.4 Å². The van der Waals surface area contributed by atoms with Crippen molar-refractivity contribution in [1.82, 2.24) is 0 Å². The molecule has 33 heavy (non-hydrogen) atoms. The van der Waals surface area contributed by atoms with Crippen LogP contribution in [0.1, 0.15) is 81.1 Å². The standard InChI is InChI=1S/C26H54O7/c1-9-11-13-27-15-21(3)29-17-23(5)31-19-25(7)33-20-26(8)32-18-24(6)30-16-22(4)28-14-12-10-2/h21-26H,9-20H2,1-8H3. The van der Waals surface area contributed by atoms with Crippen molar-refractivity contribution in [2.45, 2.75) is 118 Å². The van der Waals surface area contributed by atoms with E-state index in [9.17, 15) is 0 Å². The molecule has 0 amide bonds. The predicted octanol–water partition coefficient (Wildman–Crippen LogP) is 5.03. The van der Waals surface area contributed by atoms with Gasteiger partial charge in [-0.15, -0.1) is 0 Å². The van der Waals surface area contributed by atoms with Gasteiger partial charge in [-0.3, -0.25) is 0 Å². The third-order valence-corrected chi connectivity index (χ3v) is 4.97. The van der Waals surface area contributed by atoms with E-state index in [1.807, 2.05) is 41.5 Å². The summed E-state index contributed by atoms with van der Waals surface area (Å²) >= 11 is 0. The zero-order chi connectivity index (χ0) is 24.9. The Hall–Kier alpha value is -0.280. The van der Waals surface area contributed by atoms with Crippen LogP contribution in [-0.2, 0) is 33.2 Å².